The lowest BCUT2D eigenvalue weighted by molar-refractivity contribution is -0.381. The highest BCUT2D eigenvalue weighted by molar-refractivity contribution is 5.99. The van der Waals surface area contributed by atoms with Crippen LogP contribution in [0, 0.1) is 5.41 Å². The number of carbonyl (C=O) groups excluding carboxylic acids is 1. The van der Waals surface area contributed by atoms with Crippen molar-refractivity contribution in [1.82, 2.24) is 5.06 Å². The SMILES string of the molecule is CCC(C)(C)COC1(C(F)(F)F)c2ccccc2C(=O)N1O. The van der Waals surface area contributed by atoms with Crippen molar-refractivity contribution >= 4 is 5.91 Å². The molecule has 1 aromatic rings. The van der Waals surface area contributed by atoms with Crippen molar-refractivity contribution < 1.29 is 27.9 Å². The molecule has 122 valence electrons. The first kappa shape index (κ1) is 16.8. The van der Waals surface area contributed by atoms with E-state index in [1.54, 1.807) is 13.8 Å². The van der Waals surface area contributed by atoms with Crippen LogP contribution in [-0.4, -0.2) is 29.0 Å². The minimum atomic E-state index is -4.98. The van der Waals surface area contributed by atoms with Gasteiger partial charge in [-0.15, -0.1) is 0 Å². The summed E-state index contributed by atoms with van der Waals surface area (Å²) in [6, 6.07) is 5.20. The lowest BCUT2D eigenvalue weighted by atomic mass is 9.91. The van der Waals surface area contributed by atoms with Gasteiger partial charge in [0.05, 0.1) is 12.2 Å². The molecule has 0 saturated carbocycles. The third kappa shape index (κ3) is 2.38. The van der Waals surface area contributed by atoms with Gasteiger partial charge in [-0.1, -0.05) is 39.0 Å². The maximum Gasteiger partial charge on any atom is 0.443 e. The number of amides is 1. The number of benzene rings is 1. The summed E-state index contributed by atoms with van der Waals surface area (Å²) in [6.45, 7) is 5.07. The fraction of sp³-hybridized carbons (Fsp3) is 0.533. The summed E-state index contributed by atoms with van der Waals surface area (Å²) in [5.41, 5.74) is -4.29. The van der Waals surface area contributed by atoms with Crippen LogP contribution in [0.2, 0.25) is 0 Å². The molecule has 1 heterocycles. The number of fused-ring (bicyclic) bond motifs is 1. The summed E-state index contributed by atoms with van der Waals surface area (Å²) in [5, 5.41) is 9.53. The van der Waals surface area contributed by atoms with Crippen LogP contribution < -0.4 is 0 Å². The molecule has 1 amide bonds. The number of nitrogens with zero attached hydrogens (tertiary/aromatic N) is 1. The second kappa shape index (κ2) is 5.24. The second-order valence-electron chi connectivity index (χ2n) is 6.11. The Morgan fingerprint density at radius 3 is 2.41 bits per heavy atom. The number of hydrogen-bond donors (Lipinski definition) is 1. The molecule has 0 aliphatic carbocycles. The molecule has 0 radical (unpaired) electrons. The molecule has 0 spiro atoms. The molecule has 0 fully saturated rings. The van der Waals surface area contributed by atoms with E-state index in [4.69, 9.17) is 4.74 Å². The molecule has 0 bridgehead atoms. The predicted molar refractivity (Wildman–Crippen MR) is 72.2 cm³/mol. The third-order valence-electron chi connectivity index (χ3n) is 4.03. The molecule has 1 N–H and O–H groups in total. The summed E-state index contributed by atoms with van der Waals surface area (Å²) >= 11 is 0. The highest BCUT2D eigenvalue weighted by atomic mass is 19.4. The molecule has 7 heteroatoms. The molecular weight excluding hydrogens is 299 g/mol. The lowest BCUT2D eigenvalue weighted by Gasteiger charge is -2.38. The molecule has 0 aromatic heterocycles. The summed E-state index contributed by atoms with van der Waals surface area (Å²) in [5.74, 6) is -1.12. The van der Waals surface area contributed by atoms with Gasteiger partial charge in [0.25, 0.3) is 11.6 Å². The van der Waals surface area contributed by atoms with E-state index < -0.39 is 23.2 Å². The van der Waals surface area contributed by atoms with E-state index in [9.17, 15) is 23.2 Å². The van der Waals surface area contributed by atoms with Crippen molar-refractivity contribution in [2.75, 3.05) is 6.61 Å². The molecular formula is C15H18F3NO3. The van der Waals surface area contributed by atoms with E-state index in [2.05, 4.69) is 0 Å². The van der Waals surface area contributed by atoms with Gasteiger partial charge < -0.3 is 4.74 Å². The van der Waals surface area contributed by atoms with Gasteiger partial charge >= 0.3 is 6.18 Å². The Hall–Kier alpha value is -1.60. The predicted octanol–water partition coefficient (Wildman–Crippen LogP) is 3.70. The first-order valence-electron chi connectivity index (χ1n) is 6.90. The Bertz CT molecular complexity index is 586. The van der Waals surface area contributed by atoms with Crippen molar-refractivity contribution in [2.24, 2.45) is 5.41 Å². The zero-order valence-electron chi connectivity index (χ0n) is 12.6. The maximum absolute atomic E-state index is 13.7. The second-order valence-corrected chi connectivity index (χ2v) is 6.11. The summed E-state index contributed by atoms with van der Waals surface area (Å²) < 4.78 is 46.3. The van der Waals surface area contributed by atoms with Crippen LogP contribution in [0.4, 0.5) is 13.2 Å². The van der Waals surface area contributed by atoms with Crippen molar-refractivity contribution in [3.63, 3.8) is 0 Å². The Balaban J connectivity index is 2.54. The van der Waals surface area contributed by atoms with Gasteiger partial charge in [-0.3, -0.25) is 10.0 Å². The Kier molecular flexibility index (Phi) is 3.99. The number of alkyl halides is 3. The summed E-state index contributed by atoms with van der Waals surface area (Å²) in [7, 11) is 0. The minimum absolute atomic E-state index is 0.211. The van der Waals surface area contributed by atoms with E-state index in [1.807, 2.05) is 6.92 Å². The van der Waals surface area contributed by atoms with E-state index in [-0.39, 0.29) is 22.8 Å². The molecule has 1 aliphatic rings. The van der Waals surface area contributed by atoms with Gasteiger partial charge in [-0.05, 0) is 17.9 Å². The van der Waals surface area contributed by atoms with Gasteiger partial charge in [-0.2, -0.15) is 18.2 Å². The van der Waals surface area contributed by atoms with Crippen molar-refractivity contribution in [2.45, 2.75) is 39.1 Å². The smallest absolute Gasteiger partial charge is 0.342 e. The first-order chi connectivity index (χ1) is 10.1. The zero-order valence-corrected chi connectivity index (χ0v) is 12.6. The van der Waals surface area contributed by atoms with Crippen LogP contribution in [0.25, 0.3) is 0 Å². The summed E-state index contributed by atoms with van der Waals surface area (Å²) in [6.07, 6.45) is -4.39. The van der Waals surface area contributed by atoms with Gasteiger partial charge in [0, 0.05) is 5.56 Å². The normalized spacial score (nSPS) is 22.1. The molecule has 4 nitrogen and oxygen atoms in total. The first-order valence-corrected chi connectivity index (χ1v) is 6.90. The topological polar surface area (TPSA) is 49.8 Å². The van der Waals surface area contributed by atoms with E-state index in [0.29, 0.717) is 6.42 Å². The quantitative estimate of drug-likeness (QED) is 0.862. The van der Waals surface area contributed by atoms with Crippen molar-refractivity contribution in [3.05, 3.63) is 35.4 Å². The van der Waals surface area contributed by atoms with E-state index in [0.717, 1.165) is 6.07 Å². The number of halogens is 3. The summed E-state index contributed by atoms with van der Waals surface area (Å²) in [4.78, 5) is 11.9. The van der Waals surface area contributed by atoms with Gasteiger partial charge in [0.2, 0.25) is 0 Å². The van der Waals surface area contributed by atoms with Crippen LogP contribution in [0.1, 0.15) is 43.1 Å². The standard InChI is InChI=1S/C15H18F3NO3/c1-4-13(2,3)9-22-14(15(16,17)18)11-8-6-5-7-10(11)12(20)19(14)21/h5-8,21H,4,9H2,1-3H3. The van der Waals surface area contributed by atoms with Gasteiger partial charge in [0.15, 0.2) is 0 Å². The third-order valence-corrected chi connectivity index (χ3v) is 4.03. The number of ether oxygens (including phenoxy) is 1. The monoisotopic (exact) mass is 317 g/mol. The molecule has 22 heavy (non-hydrogen) atoms. The van der Waals surface area contributed by atoms with Gasteiger partial charge in [0.1, 0.15) is 0 Å². The Morgan fingerprint density at radius 2 is 1.86 bits per heavy atom. The van der Waals surface area contributed by atoms with Crippen LogP contribution in [0.3, 0.4) is 0 Å². The molecule has 2 rings (SSSR count). The van der Waals surface area contributed by atoms with Crippen LogP contribution in [-0.2, 0) is 10.5 Å². The van der Waals surface area contributed by atoms with E-state index in [1.165, 1.54) is 18.2 Å². The zero-order chi connectivity index (χ0) is 16.8. The molecule has 1 aliphatic heterocycles. The Morgan fingerprint density at radius 1 is 1.27 bits per heavy atom. The molecule has 1 unspecified atom stereocenters. The maximum atomic E-state index is 13.7. The minimum Gasteiger partial charge on any atom is -0.342 e. The fourth-order valence-corrected chi connectivity index (χ4v) is 2.23. The van der Waals surface area contributed by atoms with Crippen LogP contribution >= 0.6 is 0 Å². The number of rotatable bonds is 4. The average Bonchev–Trinajstić information content (AvgIpc) is 2.67. The van der Waals surface area contributed by atoms with Crippen molar-refractivity contribution in [3.8, 4) is 0 Å². The highest BCUT2D eigenvalue weighted by Gasteiger charge is 2.68. The number of hydrogen-bond acceptors (Lipinski definition) is 3. The number of hydroxylamine groups is 2. The van der Waals surface area contributed by atoms with Crippen molar-refractivity contribution in [1.29, 1.82) is 0 Å². The largest absolute Gasteiger partial charge is 0.443 e. The lowest BCUT2D eigenvalue weighted by Crippen LogP contribution is -2.55. The Labute approximate surface area is 126 Å². The fourth-order valence-electron chi connectivity index (χ4n) is 2.23. The number of carbonyl (C=O) groups is 1. The molecule has 0 saturated heterocycles. The van der Waals surface area contributed by atoms with Gasteiger partial charge in [-0.25, -0.2) is 0 Å². The van der Waals surface area contributed by atoms with E-state index >= 15 is 0 Å². The van der Waals surface area contributed by atoms with Crippen LogP contribution in [0.15, 0.2) is 24.3 Å². The highest BCUT2D eigenvalue weighted by Crippen LogP contribution is 2.50. The molecule has 1 aromatic carbocycles. The van der Waals surface area contributed by atoms with Crippen LogP contribution in [0.5, 0.6) is 0 Å². The average molecular weight is 317 g/mol. The molecule has 1 atom stereocenters.